The molecule has 2 aliphatic rings. The average molecular weight is 475 g/mol. The Bertz CT molecular complexity index is 1120. The number of nitrogens with one attached hydrogen (secondary N) is 1. The van der Waals surface area contributed by atoms with Crippen molar-refractivity contribution in [2.24, 2.45) is 0 Å². The third kappa shape index (κ3) is 6.17. The second-order valence-electron chi connectivity index (χ2n) is 9.20. The first-order chi connectivity index (χ1) is 17.1. The molecule has 2 heterocycles. The number of hydrogen-bond donors (Lipinski definition) is 1. The minimum Gasteiger partial charge on any atom is -0.349 e. The molecule has 2 fully saturated rings. The van der Waals surface area contributed by atoms with Gasteiger partial charge in [-0.1, -0.05) is 61.4 Å². The molecule has 1 aliphatic heterocycles. The first-order valence-electron chi connectivity index (χ1n) is 12.4. The van der Waals surface area contributed by atoms with Crippen LogP contribution in [0.3, 0.4) is 0 Å². The summed E-state index contributed by atoms with van der Waals surface area (Å²) in [5, 5.41) is 2.68. The van der Waals surface area contributed by atoms with Gasteiger partial charge in [-0.15, -0.1) is 6.58 Å². The van der Waals surface area contributed by atoms with Gasteiger partial charge in [0.1, 0.15) is 11.1 Å². The maximum absolute atomic E-state index is 13.4. The summed E-state index contributed by atoms with van der Waals surface area (Å²) in [5.74, 6) is -0.758. The van der Waals surface area contributed by atoms with Crippen LogP contribution in [-0.4, -0.2) is 65.4 Å². The van der Waals surface area contributed by atoms with Gasteiger partial charge in [-0.3, -0.25) is 19.3 Å². The van der Waals surface area contributed by atoms with E-state index in [1.807, 2.05) is 22.8 Å². The van der Waals surface area contributed by atoms with Crippen molar-refractivity contribution in [1.82, 2.24) is 19.7 Å². The van der Waals surface area contributed by atoms with Crippen molar-refractivity contribution >= 4 is 17.9 Å². The zero-order chi connectivity index (χ0) is 24.6. The summed E-state index contributed by atoms with van der Waals surface area (Å²) in [4.78, 5) is 43.3. The first kappa shape index (κ1) is 24.7. The Hall–Kier alpha value is -3.45. The number of hydrogen-bond acceptors (Lipinski definition) is 4. The Morgan fingerprint density at radius 3 is 2.37 bits per heavy atom. The smallest absolute Gasteiger partial charge is 0.259 e. The monoisotopic (exact) mass is 474 g/mol. The lowest BCUT2D eigenvalue weighted by molar-refractivity contribution is 0.0648. The number of rotatable bonds is 8. The zero-order valence-corrected chi connectivity index (χ0v) is 20.2. The highest BCUT2D eigenvalue weighted by Gasteiger charge is 2.27. The minimum atomic E-state index is -0.501. The van der Waals surface area contributed by atoms with E-state index < -0.39 is 11.3 Å². The van der Waals surface area contributed by atoms with Gasteiger partial charge in [0.05, 0.1) is 0 Å². The van der Waals surface area contributed by atoms with E-state index in [9.17, 15) is 14.4 Å². The quantitative estimate of drug-likeness (QED) is 0.596. The van der Waals surface area contributed by atoms with Gasteiger partial charge in [-0.25, -0.2) is 0 Å². The molecule has 1 aromatic carbocycles. The third-order valence-electron chi connectivity index (χ3n) is 6.81. The molecule has 7 nitrogen and oxygen atoms in total. The zero-order valence-electron chi connectivity index (χ0n) is 20.2. The van der Waals surface area contributed by atoms with Crippen molar-refractivity contribution in [2.45, 2.75) is 31.7 Å². The highest BCUT2D eigenvalue weighted by atomic mass is 16.2. The van der Waals surface area contributed by atoms with Gasteiger partial charge in [-0.2, -0.15) is 0 Å². The Kier molecular flexibility index (Phi) is 8.32. The molecular formula is C28H34N4O3. The van der Waals surface area contributed by atoms with Crippen LogP contribution in [0.1, 0.15) is 58.0 Å². The predicted molar refractivity (Wildman–Crippen MR) is 139 cm³/mol. The molecule has 0 radical (unpaired) electrons. The standard InChI is InChI=1S/C28H34N4O3/c1-2-14-29-27(34)24-20-32(23-12-6-7-13-23)21-25(26(24)33)28(35)31-18-16-30(17-19-31)15-8-11-22-9-4-3-5-10-22/h2-5,8-11,20-21,23H,1,6-7,12-19H2,(H,29,34). The van der Waals surface area contributed by atoms with Gasteiger partial charge in [0.15, 0.2) is 0 Å². The first-order valence-corrected chi connectivity index (χ1v) is 12.4. The lowest BCUT2D eigenvalue weighted by atomic mass is 10.1. The van der Waals surface area contributed by atoms with E-state index in [4.69, 9.17) is 0 Å². The SMILES string of the molecule is C=CCNC(=O)c1cn(C2CCCC2)cc(C(=O)N2CCN(CC=Cc3ccccc3)CC2)c1=O. The summed E-state index contributed by atoms with van der Waals surface area (Å²) in [7, 11) is 0. The molecule has 0 unspecified atom stereocenters. The highest BCUT2D eigenvalue weighted by Crippen LogP contribution is 2.29. The molecule has 2 aromatic rings. The summed E-state index contributed by atoms with van der Waals surface area (Å²) in [5.41, 5.74) is 0.769. The minimum absolute atomic E-state index is 0.0225. The van der Waals surface area contributed by atoms with Crippen LogP contribution in [0.5, 0.6) is 0 Å². The fourth-order valence-corrected chi connectivity index (χ4v) is 4.79. The maximum Gasteiger partial charge on any atom is 0.259 e. The Balaban J connectivity index is 1.46. The average Bonchev–Trinajstić information content (AvgIpc) is 3.43. The van der Waals surface area contributed by atoms with E-state index in [0.29, 0.717) is 13.1 Å². The molecule has 1 saturated carbocycles. The number of amides is 2. The van der Waals surface area contributed by atoms with Crippen LogP contribution < -0.4 is 10.7 Å². The van der Waals surface area contributed by atoms with Crippen molar-refractivity contribution < 1.29 is 9.59 Å². The van der Waals surface area contributed by atoms with E-state index in [1.165, 1.54) is 0 Å². The van der Waals surface area contributed by atoms with Crippen molar-refractivity contribution in [1.29, 1.82) is 0 Å². The van der Waals surface area contributed by atoms with Crippen molar-refractivity contribution in [2.75, 3.05) is 39.3 Å². The molecule has 4 rings (SSSR count). The summed E-state index contributed by atoms with van der Waals surface area (Å²) in [6.45, 7) is 7.26. The molecule has 1 aromatic heterocycles. The maximum atomic E-state index is 13.4. The number of piperazine rings is 1. The van der Waals surface area contributed by atoms with Crippen molar-refractivity contribution in [3.8, 4) is 0 Å². The number of pyridine rings is 1. The highest BCUT2D eigenvalue weighted by molar-refractivity contribution is 5.99. The van der Waals surface area contributed by atoms with Crippen molar-refractivity contribution in [3.05, 3.63) is 88.4 Å². The van der Waals surface area contributed by atoms with Crippen LogP contribution in [0, 0.1) is 0 Å². The second kappa shape index (κ2) is 11.8. The molecule has 184 valence electrons. The lowest BCUT2D eigenvalue weighted by Gasteiger charge is -2.34. The van der Waals surface area contributed by atoms with Crippen LogP contribution in [0.15, 0.2) is 66.3 Å². The summed E-state index contributed by atoms with van der Waals surface area (Å²) >= 11 is 0. The van der Waals surface area contributed by atoms with E-state index in [-0.39, 0.29) is 29.6 Å². The number of aromatic nitrogens is 1. The van der Waals surface area contributed by atoms with Crippen molar-refractivity contribution in [3.63, 3.8) is 0 Å². The number of carbonyl (C=O) groups excluding carboxylic acids is 2. The molecule has 1 aliphatic carbocycles. The lowest BCUT2D eigenvalue weighted by Crippen LogP contribution is -2.49. The predicted octanol–water partition coefficient (Wildman–Crippen LogP) is 3.35. The van der Waals surface area contributed by atoms with Gasteiger partial charge >= 0.3 is 0 Å². The van der Waals surface area contributed by atoms with Crippen LogP contribution in [0.25, 0.3) is 6.08 Å². The van der Waals surface area contributed by atoms with Crippen LogP contribution in [-0.2, 0) is 0 Å². The largest absolute Gasteiger partial charge is 0.349 e. The second-order valence-corrected chi connectivity index (χ2v) is 9.20. The Labute approximate surface area is 206 Å². The molecule has 7 heteroatoms. The molecule has 1 saturated heterocycles. The Morgan fingerprint density at radius 1 is 1.00 bits per heavy atom. The van der Waals surface area contributed by atoms with E-state index in [1.54, 1.807) is 23.4 Å². The molecule has 35 heavy (non-hydrogen) atoms. The van der Waals surface area contributed by atoms with Gasteiger partial charge in [0.2, 0.25) is 5.43 Å². The van der Waals surface area contributed by atoms with Gasteiger partial charge in [0.25, 0.3) is 11.8 Å². The number of carbonyl (C=O) groups is 2. The summed E-state index contributed by atoms with van der Waals surface area (Å²) in [6, 6.07) is 10.4. The van der Waals surface area contributed by atoms with E-state index in [0.717, 1.165) is 50.9 Å². The van der Waals surface area contributed by atoms with E-state index in [2.05, 4.69) is 41.1 Å². The number of benzene rings is 1. The fourth-order valence-electron chi connectivity index (χ4n) is 4.79. The van der Waals surface area contributed by atoms with Crippen LogP contribution >= 0.6 is 0 Å². The number of nitrogens with zero attached hydrogens (tertiary/aromatic N) is 3. The topological polar surface area (TPSA) is 74.7 Å². The Morgan fingerprint density at radius 2 is 1.69 bits per heavy atom. The van der Waals surface area contributed by atoms with Crippen LogP contribution in [0.4, 0.5) is 0 Å². The summed E-state index contributed by atoms with van der Waals surface area (Å²) in [6.07, 6.45) is 13.3. The third-order valence-corrected chi connectivity index (χ3v) is 6.81. The molecule has 1 N–H and O–H groups in total. The molecule has 2 amide bonds. The summed E-state index contributed by atoms with van der Waals surface area (Å²) < 4.78 is 1.91. The van der Waals surface area contributed by atoms with Gasteiger partial charge < -0.3 is 14.8 Å². The normalized spacial score (nSPS) is 17.1. The van der Waals surface area contributed by atoms with E-state index >= 15 is 0 Å². The molecular weight excluding hydrogens is 440 g/mol. The fraction of sp³-hybridized carbons (Fsp3) is 0.393. The molecule has 0 spiro atoms. The van der Waals surface area contributed by atoms with Gasteiger partial charge in [0, 0.05) is 57.7 Å². The van der Waals surface area contributed by atoms with Gasteiger partial charge in [-0.05, 0) is 18.4 Å². The van der Waals surface area contributed by atoms with Crippen LogP contribution in [0.2, 0.25) is 0 Å². The molecule has 0 bridgehead atoms. The molecule has 0 atom stereocenters.